The normalized spacial score (nSPS) is 23.7. The van der Waals surface area contributed by atoms with Crippen LogP contribution in [-0.4, -0.2) is 38.4 Å². The Bertz CT molecular complexity index is 595. The molecule has 0 amide bonds. The van der Waals surface area contributed by atoms with Gasteiger partial charge in [0.25, 0.3) is 0 Å². The van der Waals surface area contributed by atoms with Gasteiger partial charge in [-0.05, 0) is 56.7 Å². The number of nitrogens with one attached hydrogen (secondary N) is 1. The van der Waals surface area contributed by atoms with Crippen LogP contribution in [0.2, 0.25) is 0 Å². The standard InChI is InChI=1S/C19H26FN3O/c1-14(16-6-9-24-10-7-16)22-17-3-2-8-23(13-17)19-5-4-15(12-21)11-18(19)20/h4-5,11,14,16-17,22H,2-3,6-10,13H2,1H3/t14-,17+/m1/s1. The van der Waals surface area contributed by atoms with E-state index in [0.717, 1.165) is 52.0 Å². The van der Waals surface area contributed by atoms with Gasteiger partial charge in [-0.2, -0.15) is 5.26 Å². The molecule has 2 saturated heterocycles. The molecule has 0 radical (unpaired) electrons. The van der Waals surface area contributed by atoms with E-state index in [1.165, 1.54) is 6.07 Å². The average molecular weight is 331 g/mol. The Hall–Kier alpha value is -1.64. The summed E-state index contributed by atoms with van der Waals surface area (Å²) in [4.78, 5) is 2.11. The smallest absolute Gasteiger partial charge is 0.147 e. The number of nitrogens with zero attached hydrogens (tertiary/aromatic N) is 2. The third-order valence-corrected chi connectivity index (χ3v) is 5.31. The second kappa shape index (κ2) is 7.96. The molecule has 3 rings (SSSR count). The number of hydrogen-bond donors (Lipinski definition) is 1. The Morgan fingerprint density at radius 1 is 1.33 bits per heavy atom. The van der Waals surface area contributed by atoms with E-state index < -0.39 is 0 Å². The van der Waals surface area contributed by atoms with Crippen LogP contribution >= 0.6 is 0 Å². The van der Waals surface area contributed by atoms with Crippen LogP contribution in [0.4, 0.5) is 10.1 Å². The van der Waals surface area contributed by atoms with Gasteiger partial charge in [0.1, 0.15) is 5.82 Å². The molecule has 0 aromatic heterocycles. The highest BCUT2D eigenvalue weighted by Gasteiger charge is 2.26. The minimum Gasteiger partial charge on any atom is -0.381 e. The molecule has 2 aliphatic rings. The van der Waals surface area contributed by atoms with E-state index in [4.69, 9.17) is 10.00 Å². The summed E-state index contributed by atoms with van der Waals surface area (Å²) in [6, 6.07) is 7.59. The molecule has 0 aliphatic carbocycles. The number of piperidine rings is 1. The van der Waals surface area contributed by atoms with E-state index in [9.17, 15) is 4.39 Å². The molecule has 1 aromatic carbocycles. The van der Waals surface area contributed by atoms with Crippen molar-refractivity contribution in [1.29, 1.82) is 5.26 Å². The molecule has 2 fully saturated rings. The molecular formula is C19H26FN3O. The SMILES string of the molecule is C[C@@H](N[C@H]1CCCN(c2ccc(C#N)cc2F)C1)C1CCOCC1. The summed E-state index contributed by atoms with van der Waals surface area (Å²) in [6.45, 7) is 5.67. The highest BCUT2D eigenvalue weighted by molar-refractivity contribution is 5.51. The Kier molecular flexibility index (Phi) is 5.70. The number of ether oxygens (including phenoxy) is 1. The lowest BCUT2D eigenvalue weighted by atomic mass is 9.91. The highest BCUT2D eigenvalue weighted by Crippen LogP contribution is 2.25. The van der Waals surface area contributed by atoms with Gasteiger partial charge in [0.15, 0.2) is 0 Å². The van der Waals surface area contributed by atoms with Gasteiger partial charge < -0.3 is 15.0 Å². The molecule has 5 heteroatoms. The van der Waals surface area contributed by atoms with Gasteiger partial charge in [0, 0.05) is 38.4 Å². The lowest BCUT2D eigenvalue weighted by molar-refractivity contribution is 0.0541. The first-order chi connectivity index (χ1) is 11.7. The molecule has 1 aromatic rings. The minimum atomic E-state index is -0.299. The number of nitriles is 1. The number of anilines is 1. The number of rotatable bonds is 4. The molecule has 1 N–H and O–H groups in total. The first kappa shape index (κ1) is 17.2. The summed E-state index contributed by atoms with van der Waals surface area (Å²) in [6.07, 6.45) is 4.42. The van der Waals surface area contributed by atoms with E-state index in [1.807, 2.05) is 6.07 Å². The summed E-state index contributed by atoms with van der Waals surface area (Å²) >= 11 is 0. The molecule has 0 bridgehead atoms. The van der Waals surface area contributed by atoms with Crippen molar-refractivity contribution < 1.29 is 9.13 Å². The van der Waals surface area contributed by atoms with Crippen LogP contribution in [-0.2, 0) is 4.74 Å². The van der Waals surface area contributed by atoms with Crippen LogP contribution in [0.15, 0.2) is 18.2 Å². The lowest BCUT2D eigenvalue weighted by Crippen LogP contribution is -2.51. The maximum absolute atomic E-state index is 14.3. The zero-order valence-electron chi connectivity index (χ0n) is 14.3. The Morgan fingerprint density at radius 3 is 2.83 bits per heavy atom. The predicted octanol–water partition coefficient (Wildman–Crippen LogP) is 3.07. The van der Waals surface area contributed by atoms with Crippen LogP contribution in [0.5, 0.6) is 0 Å². The predicted molar refractivity (Wildman–Crippen MR) is 92.5 cm³/mol. The molecule has 130 valence electrons. The van der Waals surface area contributed by atoms with Gasteiger partial charge >= 0.3 is 0 Å². The first-order valence-electron chi connectivity index (χ1n) is 8.96. The van der Waals surface area contributed by atoms with Crippen LogP contribution in [0, 0.1) is 23.1 Å². The lowest BCUT2D eigenvalue weighted by Gasteiger charge is -2.38. The maximum atomic E-state index is 14.3. The third-order valence-electron chi connectivity index (χ3n) is 5.31. The van der Waals surface area contributed by atoms with Crippen molar-refractivity contribution in [3.8, 4) is 6.07 Å². The van der Waals surface area contributed by atoms with Crippen molar-refractivity contribution in [3.63, 3.8) is 0 Å². The maximum Gasteiger partial charge on any atom is 0.147 e. The topological polar surface area (TPSA) is 48.3 Å². The van der Waals surface area contributed by atoms with Gasteiger partial charge in [-0.3, -0.25) is 0 Å². The number of benzene rings is 1. The zero-order chi connectivity index (χ0) is 16.9. The van der Waals surface area contributed by atoms with E-state index in [0.29, 0.717) is 29.3 Å². The quantitative estimate of drug-likeness (QED) is 0.921. The molecular weight excluding hydrogens is 305 g/mol. The van der Waals surface area contributed by atoms with E-state index in [1.54, 1.807) is 12.1 Å². The van der Waals surface area contributed by atoms with E-state index in [2.05, 4.69) is 17.1 Å². The van der Waals surface area contributed by atoms with Crippen molar-refractivity contribution in [3.05, 3.63) is 29.6 Å². The minimum absolute atomic E-state index is 0.299. The second-order valence-electron chi connectivity index (χ2n) is 6.97. The fourth-order valence-electron chi connectivity index (χ4n) is 3.89. The van der Waals surface area contributed by atoms with Crippen LogP contribution in [0.3, 0.4) is 0 Å². The van der Waals surface area contributed by atoms with Gasteiger partial charge in [-0.25, -0.2) is 4.39 Å². The van der Waals surface area contributed by atoms with Crippen LogP contribution in [0.1, 0.15) is 38.2 Å². The zero-order valence-corrected chi connectivity index (χ0v) is 14.3. The summed E-state index contributed by atoms with van der Waals surface area (Å²) in [5.41, 5.74) is 0.982. The molecule has 24 heavy (non-hydrogen) atoms. The molecule has 0 unspecified atom stereocenters. The third kappa shape index (κ3) is 4.06. The van der Waals surface area contributed by atoms with Gasteiger partial charge in [-0.1, -0.05) is 0 Å². The van der Waals surface area contributed by atoms with Crippen molar-refractivity contribution in [2.45, 2.75) is 44.7 Å². The van der Waals surface area contributed by atoms with Crippen LogP contribution < -0.4 is 10.2 Å². The van der Waals surface area contributed by atoms with Crippen molar-refractivity contribution in [2.24, 2.45) is 5.92 Å². The van der Waals surface area contributed by atoms with E-state index >= 15 is 0 Å². The second-order valence-corrected chi connectivity index (χ2v) is 6.97. The Morgan fingerprint density at radius 2 is 2.12 bits per heavy atom. The monoisotopic (exact) mass is 331 g/mol. The molecule has 2 heterocycles. The van der Waals surface area contributed by atoms with Gasteiger partial charge in [0.2, 0.25) is 0 Å². The molecule has 0 saturated carbocycles. The number of hydrogen-bond acceptors (Lipinski definition) is 4. The van der Waals surface area contributed by atoms with Crippen molar-refractivity contribution in [2.75, 3.05) is 31.2 Å². The number of halogens is 1. The van der Waals surface area contributed by atoms with Gasteiger partial charge in [-0.15, -0.1) is 0 Å². The van der Waals surface area contributed by atoms with Crippen molar-refractivity contribution in [1.82, 2.24) is 5.32 Å². The van der Waals surface area contributed by atoms with Crippen LogP contribution in [0.25, 0.3) is 0 Å². The van der Waals surface area contributed by atoms with E-state index in [-0.39, 0.29) is 5.82 Å². The fraction of sp³-hybridized carbons (Fsp3) is 0.632. The summed E-state index contributed by atoms with van der Waals surface area (Å²) in [5, 5.41) is 12.6. The molecule has 2 aliphatic heterocycles. The summed E-state index contributed by atoms with van der Waals surface area (Å²) in [7, 11) is 0. The average Bonchev–Trinajstić information content (AvgIpc) is 2.62. The Balaban J connectivity index is 1.61. The Labute approximate surface area is 143 Å². The fourth-order valence-corrected chi connectivity index (χ4v) is 3.89. The van der Waals surface area contributed by atoms with Gasteiger partial charge in [0.05, 0.1) is 17.3 Å². The molecule has 0 spiro atoms. The molecule has 2 atom stereocenters. The highest BCUT2D eigenvalue weighted by atomic mass is 19.1. The molecule has 4 nitrogen and oxygen atoms in total. The van der Waals surface area contributed by atoms with Crippen molar-refractivity contribution >= 4 is 5.69 Å². The largest absolute Gasteiger partial charge is 0.381 e. The first-order valence-corrected chi connectivity index (χ1v) is 8.96. The summed E-state index contributed by atoms with van der Waals surface area (Å²) < 4.78 is 19.7. The summed E-state index contributed by atoms with van der Waals surface area (Å²) in [5.74, 6) is 0.368.